The van der Waals surface area contributed by atoms with Crippen molar-refractivity contribution in [2.75, 3.05) is 5.32 Å². The molecule has 6 heteroatoms. The van der Waals surface area contributed by atoms with Gasteiger partial charge in [-0.2, -0.15) is 5.10 Å². The second-order valence-corrected chi connectivity index (χ2v) is 5.25. The lowest BCUT2D eigenvalue weighted by Crippen LogP contribution is -2.27. The van der Waals surface area contributed by atoms with Crippen molar-refractivity contribution in [3.8, 4) is 0 Å². The SMILES string of the molecule is CC(C)(C)OC(=O)Nc1cc(Cl)n2nccc2c1. The summed E-state index contributed by atoms with van der Waals surface area (Å²) in [6, 6.07) is 5.18. The Morgan fingerprint density at radius 1 is 1.44 bits per heavy atom. The van der Waals surface area contributed by atoms with Crippen LogP contribution in [-0.4, -0.2) is 21.3 Å². The van der Waals surface area contributed by atoms with E-state index in [4.69, 9.17) is 16.3 Å². The van der Waals surface area contributed by atoms with E-state index < -0.39 is 11.7 Å². The molecule has 0 spiro atoms. The molecule has 1 N–H and O–H groups in total. The van der Waals surface area contributed by atoms with Crippen LogP contribution < -0.4 is 5.32 Å². The van der Waals surface area contributed by atoms with Gasteiger partial charge < -0.3 is 4.74 Å². The Labute approximate surface area is 110 Å². The summed E-state index contributed by atoms with van der Waals surface area (Å²) in [4.78, 5) is 11.6. The van der Waals surface area contributed by atoms with Gasteiger partial charge in [0, 0.05) is 5.69 Å². The number of hydrogen-bond donors (Lipinski definition) is 1. The van der Waals surface area contributed by atoms with Crippen molar-refractivity contribution in [3.63, 3.8) is 0 Å². The highest BCUT2D eigenvalue weighted by molar-refractivity contribution is 6.30. The number of carbonyl (C=O) groups is 1. The van der Waals surface area contributed by atoms with Gasteiger partial charge in [-0.3, -0.25) is 5.32 Å². The van der Waals surface area contributed by atoms with E-state index >= 15 is 0 Å². The molecule has 0 bridgehead atoms. The molecule has 2 aromatic heterocycles. The molecule has 0 unspecified atom stereocenters. The molecule has 0 fully saturated rings. The van der Waals surface area contributed by atoms with Crippen LogP contribution in [0.2, 0.25) is 5.15 Å². The van der Waals surface area contributed by atoms with Crippen LogP contribution in [-0.2, 0) is 4.74 Å². The molecule has 2 aromatic rings. The van der Waals surface area contributed by atoms with Gasteiger partial charge in [-0.25, -0.2) is 9.31 Å². The van der Waals surface area contributed by atoms with Gasteiger partial charge in [-0.1, -0.05) is 11.6 Å². The number of nitrogens with zero attached hydrogens (tertiary/aromatic N) is 2. The first-order valence-corrected chi connectivity index (χ1v) is 5.86. The maximum Gasteiger partial charge on any atom is 0.412 e. The van der Waals surface area contributed by atoms with E-state index in [1.165, 1.54) is 0 Å². The number of anilines is 1. The lowest BCUT2D eigenvalue weighted by Gasteiger charge is -2.19. The first-order chi connectivity index (χ1) is 8.35. The summed E-state index contributed by atoms with van der Waals surface area (Å²) in [6.07, 6.45) is 1.13. The molecule has 0 atom stereocenters. The van der Waals surface area contributed by atoms with Crippen molar-refractivity contribution in [1.29, 1.82) is 0 Å². The molecule has 5 nitrogen and oxygen atoms in total. The van der Waals surface area contributed by atoms with Gasteiger partial charge in [0.2, 0.25) is 0 Å². The minimum absolute atomic E-state index is 0.420. The van der Waals surface area contributed by atoms with Crippen molar-refractivity contribution in [1.82, 2.24) is 9.61 Å². The molecule has 96 valence electrons. The van der Waals surface area contributed by atoms with Gasteiger partial charge >= 0.3 is 6.09 Å². The summed E-state index contributed by atoms with van der Waals surface area (Å²) in [6.45, 7) is 5.42. The fraction of sp³-hybridized carbons (Fsp3) is 0.333. The normalized spacial score (nSPS) is 11.6. The molecule has 1 amide bonds. The molecule has 0 aliphatic rings. The maximum absolute atomic E-state index is 11.6. The van der Waals surface area contributed by atoms with E-state index in [9.17, 15) is 4.79 Å². The van der Waals surface area contributed by atoms with Crippen molar-refractivity contribution in [2.45, 2.75) is 26.4 Å². The number of aromatic nitrogens is 2. The minimum atomic E-state index is -0.533. The van der Waals surface area contributed by atoms with Crippen LogP contribution in [0.4, 0.5) is 10.5 Å². The average molecular weight is 268 g/mol. The molecule has 2 heterocycles. The third-order valence-electron chi connectivity index (χ3n) is 2.10. The van der Waals surface area contributed by atoms with Crippen LogP contribution in [0.3, 0.4) is 0 Å². The van der Waals surface area contributed by atoms with E-state index in [-0.39, 0.29) is 0 Å². The Morgan fingerprint density at radius 2 is 2.17 bits per heavy atom. The van der Waals surface area contributed by atoms with Gasteiger partial charge in [0.15, 0.2) is 0 Å². The second-order valence-electron chi connectivity index (χ2n) is 4.86. The van der Waals surface area contributed by atoms with E-state index in [1.54, 1.807) is 49.7 Å². The smallest absolute Gasteiger partial charge is 0.412 e. The average Bonchev–Trinajstić information content (AvgIpc) is 2.62. The molecule has 0 aromatic carbocycles. The van der Waals surface area contributed by atoms with Crippen LogP contribution in [0.15, 0.2) is 24.4 Å². The number of pyridine rings is 1. The number of ether oxygens (including phenoxy) is 1. The van der Waals surface area contributed by atoms with E-state index in [2.05, 4.69) is 10.4 Å². The third-order valence-corrected chi connectivity index (χ3v) is 2.37. The van der Waals surface area contributed by atoms with Gasteiger partial charge in [0.05, 0.1) is 11.7 Å². The highest BCUT2D eigenvalue weighted by atomic mass is 35.5. The summed E-state index contributed by atoms with van der Waals surface area (Å²) in [5, 5.41) is 7.09. The quantitative estimate of drug-likeness (QED) is 0.806. The first-order valence-electron chi connectivity index (χ1n) is 5.48. The zero-order chi connectivity index (χ0) is 13.3. The van der Waals surface area contributed by atoms with Crippen LogP contribution in [0.1, 0.15) is 20.8 Å². The lowest BCUT2D eigenvalue weighted by atomic mass is 10.2. The summed E-state index contributed by atoms with van der Waals surface area (Å²) in [5.74, 6) is 0. The number of amides is 1. The molecule has 0 radical (unpaired) electrons. The second kappa shape index (κ2) is 4.49. The number of halogens is 1. The van der Waals surface area contributed by atoms with Gasteiger partial charge in [-0.15, -0.1) is 0 Å². The van der Waals surface area contributed by atoms with Crippen LogP contribution >= 0.6 is 11.6 Å². The van der Waals surface area contributed by atoms with Crippen molar-refractivity contribution in [2.24, 2.45) is 0 Å². The highest BCUT2D eigenvalue weighted by Crippen LogP contribution is 2.20. The standard InChI is InChI=1S/C12H14ClN3O2/c1-12(2,3)18-11(17)15-8-6-9-4-5-14-16(9)10(13)7-8/h4-7H,1-3H3,(H,15,17). The van der Waals surface area contributed by atoms with E-state index in [0.29, 0.717) is 10.8 Å². The predicted molar refractivity (Wildman–Crippen MR) is 70.1 cm³/mol. The minimum Gasteiger partial charge on any atom is -0.444 e. The fourth-order valence-electron chi connectivity index (χ4n) is 1.49. The number of fused-ring (bicyclic) bond motifs is 1. The number of carbonyl (C=O) groups excluding carboxylic acids is 1. The predicted octanol–water partition coefficient (Wildman–Crippen LogP) is 3.33. The van der Waals surface area contributed by atoms with Crippen molar-refractivity contribution < 1.29 is 9.53 Å². The van der Waals surface area contributed by atoms with Gasteiger partial charge in [0.1, 0.15) is 10.8 Å². The lowest BCUT2D eigenvalue weighted by molar-refractivity contribution is 0.0636. The first kappa shape index (κ1) is 12.7. The number of hydrogen-bond acceptors (Lipinski definition) is 3. The van der Waals surface area contributed by atoms with Crippen LogP contribution in [0.25, 0.3) is 5.52 Å². The maximum atomic E-state index is 11.6. The zero-order valence-electron chi connectivity index (χ0n) is 10.4. The molecular formula is C12H14ClN3O2. The van der Waals surface area contributed by atoms with E-state index in [1.807, 2.05) is 0 Å². The number of nitrogens with one attached hydrogen (secondary N) is 1. The molecule has 18 heavy (non-hydrogen) atoms. The third kappa shape index (κ3) is 2.92. The molecular weight excluding hydrogens is 254 g/mol. The van der Waals surface area contributed by atoms with E-state index in [0.717, 1.165) is 5.52 Å². The Kier molecular flexibility index (Phi) is 3.17. The Morgan fingerprint density at radius 3 is 2.83 bits per heavy atom. The summed E-state index contributed by atoms with van der Waals surface area (Å²) in [5.41, 5.74) is 0.838. The van der Waals surface area contributed by atoms with Crippen molar-refractivity contribution in [3.05, 3.63) is 29.5 Å². The molecule has 2 rings (SSSR count). The largest absolute Gasteiger partial charge is 0.444 e. The van der Waals surface area contributed by atoms with Gasteiger partial charge in [0.25, 0.3) is 0 Å². The molecule has 0 saturated carbocycles. The van der Waals surface area contributed by atoms with Crippen LogP contribution in [0.5, 0.6) is 0 Å². The topological polar surface area (TPSA) is 55.6 Å². The monoisotopic (exact) mass is 267 g/mol. The summed E-state index contributed by atoms with van der Waals surface area (Å²) < 4.78 is 6.73. The summed E-state index contributed by atoms with van der Waals surface area (Å²) in [7, 11) is 0. The zero-order valence-corrected chi connectivity index (χ0v) is 11.2. The number of rotatable bonds is 1. The van der Waals surface area contributed by atoms with Gasteiger partial charge in [-0.05, 0) is 39.0 Å². The van der Waals surface area contributed by atoms with Crippen molar-refractivity contribution >= 4 is 28.9 Å². The Bertz CT molecular complexity index is 587. The summed E-state index contributed by atoms with van der Waals surface area (Å²) >= 11 is 6.03. The Hall–Kier alpha value is -1.75. The molecule has 0 aliphatic heterocycles. The Balaban J connectivity index is 2.19. The highest BCUT2D eigenvalue weighted by Gasteiger charge is 2.16. The van der Waals surface area contributed by atoms with Crippen LogP contribution in [0, 0.1) is 0 Å². The molecule has 0 aliphatic carbocycles. The molecule has 0 saturated heterocycles. The fourth-order valence-corrected chi connectivity index (χ4v) is 1.74.